The molecule has 1 aliphatic heterocycles. The second-order valence-electron chi connectivity index (χ2n) is 5.33. The van der Waals surface area contributed by atoms with E-state index in [9.17, 15) is 9.59 Å². The van der Waals surface area contributed by atoms with Gasteiger partial charge >= 0.3 is 0 Å². The third-order valence-corrected chi connectivity index (χ3v) is 3.89. The Morgan fingerprint density at radius 2 is 1.81 bits per heavy atom. The lowest BCUT2D eigenvalue weighted by molar-refractivity contribution is -0.133. The van der Waals surface area contributed by atoms with Crippen LogP contribution < -0.4 is 5.73 Å². The molecular weight excluding hydrogens is 266 g/mol. The highest BCUT2D eigenvalue weighted by Gasteiger charge is 2.26. The summed E-state index contributed by atoms with van der Waals surface area (Å²) < 4.78 is 0. The number of benzene rings is 2. The topological polar surface area (TPSA) is 66.6 Å². The number of amides is 2. The normalized spacial score (nSPS) is 15.6. The summed E-state index contributed by atoms with van der Waals surface area (Å²) in [5, 5.41) is 1.97. The number of carbonyl (C=O) groups excluding carboxylic acids is 2. The Hall–Kier alpha value is -2.56. The Kier molecular flexibility index (Phi) is 3.25. The third kappa shape index (κ3) is 2.42. The van der Waals surface area contributed by atoms with Crippen LogP contribution in [0.1, 0.15) is 10.4 Å². The van der Waals surface area contributed by atoms with Crippen molar-refractivity contribution in [3.63, 3.8) is 0 Å². The molecule has 1 heterocycles. The summed E-state index contributed by atoms with van der Waals surface area (Å²) in [6.45, 7) is 1.20. The summed E-state index contributed by atoms with van der Waals surface area (Å²) in [6, 6.07) is 11.4. The van der Waals surface area contributed by atoms with Crippen molar-refractivity contribution in [1.29, 1.82) is 0 Å². The van der Waals surface area contributed by atoms with Crippen LogP contribution in [0.25, 0.3) is 10.8 Å². The number of fused-ring (bicyclic) bond motifs is 1. The van der Waals surface area contributed by atoms with E-state index in [1.54, 1.807) is 29.0 Å². The van der Waals surface area contributed by atoms with Gasteiger partial charge in [0.2, 0.25) is 5.91 Å². The van der Waals surface area contributed by atoms with Gasteiger partial charge < -0.3 is 15.5 Å². The summed E-state index contributed by atoms with van der Waals surface area (Å²) in [7, 11) is 1.74. The molecule has 0 unspecified atom stereocenters. The van der Waals surface area contributed by atoms with Crippen LogP contribution in [0.15, 0.2) is 36.4 Å². The molecule has 21 heavy (non-hydrogen) atoms. The maximum Gasteiger partial charge on any atom is 0.256 e. The van der Waals surface area contributed by atoms with Gasteiger partial charge in [0.15, 0.2) is 0 Å². The molecule has 2 N–H and O–H groups in total. The Morgan fingerprint density at radius 3 is 2.48 bits per heavy atom. The molecule has 5 heteroatoms. The third-order valence-electron chi connectivity index (χ3n) is 3.89. The van der Waals surface area contributed by atoms with E-state index >= 15 is 0 Å². The lowest BCUT2D eigenvalue weighted by Crippen LogP contribution is -2.50. The number of hydrogen-bond acceptors (Lipinski definition) is 3. The predicted octanol–water partition coefficient (Wildman–Crippen LogP) is 1.34. The molecule has 0 atom stereocenters. The van der Waals surface area contributed by atoms with Crippen molar-refractivity contribution in [1.82, 2.24) is 9.80 Å². The quantitative estimate of drug-likeness (QED) is 0.803. The highest BCUT2D eigenvalue weighted by molar-refractivity contribution is 6.05. The molecule has 0 saturated carbocycles. The largest absolute Gasteiger partial charge is 0.398 e. The molecule has 1 aliphatic rings. The summed E-state index contributed by atoms with van der Waals surface area (Å²) in [4.78, 5) is 27.5. The number of hydrogen-bond donors (Lipinski definition) is 1. The van der Waals surface area contributed by atoms with E-state index in [1.807, 2.05) is 24.3 Å². The minimum absolute atomic E-state index is 0.0473. The number of nitrogens with two attached hydrogens (primary N) is 1. The fraction of sp³-hybridized carbons (Fsp3) is 0.250. The van der Waals surface area contributed by atoms with Crippen LogP contribution in [0, 0.1) is 0 Å². The number of anilines is 1. The van der Waals surface area contributed by atoms with Gasteiger partial charge in [-0.05, 0) is 22.9 Å². The molecule has 108 valence electrons. The van der Waals surface area contributed by atoms with Gasteiger partial charge in [-0.1, -0.05) is 24.3 Å². The fourth-order valence-electron chi connectivity index (χ4n) is 2.55. The van der Waals surface area contributed by atoms with Crippen molar-refractivity contribution >= 4 is 28.3 Å². The Bertz CT molecular complexity index is 727. The monoisotopic (exact) mass is 283 g/mol. The van der Waals surface area contributed by atoms with E-state index in [-0.39, 0.29) is 18.4 Å². The second-order valence-corrected chi connectivity index (χ2v) is 5.33. The SMILES string of the molecule is CN1CCN(C(=O)c2cc3ccccc3cc2N)CC1=O. The Balaban J connectivity index is 1.94. The number of rotatable bonds is 1. The molecule has 0 aliphatic carbocycles. The molecule has 2 amide bonds. The van der Waals surface area contributed by atoms with Gasteiger partial charge in [0.1, 0.15) is 6.54 Å². The smallest absolute Gasteiger partial charge is 0.256 e. The highest BCUT2D eigenvalue weighted by atomic mass is 16.2. The van der Waals surface area contributed by atoms with E-state index in [4.69, 9.17) is 5.73 Å². The van der Waals surface area contributed by atoms with Gasteiger partial charge in [-0.3, -0.25) is 9.59 Å². The molecular formula is C16H17N3O2. The van der Waals surface area contributed by atoms with Gasteiger partial charge in [0, 0.05) is 25.8 Å². The predicted molar refractivity (Wildman–Crippen MR) is 81.9 cm³/mol. The van der Waals surface area contributed by atoms with Crippen LogP contribution in [0.3, 0.4) is 0 Å². The van der Waals surface area contributed by atoms with Crippen molar-refractivity contribution in [2.24, 2.45) is 0 Å². The summed E-state index contributed by atoms with van der Waals surface area (Å²) in [6.07, 6.45) is 0. The number of nitrogen functional groups attached to an aromatic ring is 1. The van der Waals surface area contributed by atoms with Crippen LogP contribution in [-0.4, -0.2) is 48.3 Å². The van der Waals surface area contributed by atoms with E-state index in [0.29, 0.717) is 24.3 Å². The van der Waals surface area contributed by atoms with Crippen molar-refractivity contribution in [2.75, 3.05) is 32.4 Å². The molecule has 0 radical (unpaired) electrons. The number of carbonyl (C=O) groups is 2. The maximum absolute atomic E-state index is 12.6. The van der Waals surface area contributed by atoms with E-state index < -0.39 is 0 Å². The van der Waals surface area contributed by atoms with Crippen LogP contribution in [0.2, 0.25) is 0 Å². The maximum atomic E-state index is 12.6. The molecule has 3 rings (SSSR count). The minimum Gasteiger partial charge on any atom is -0.398 e. The lowest BCUT2D eigenvalue weighted by atomic mass is 10.0. The Morgan fingerprint density at radius 1 is 1.14 bits per heavy atom. The molecule has 0 bridgehead atoms. The highest BCUT2D eigenvalue weighted by Crippen LogP contribution is 2.23. The number of likely N-dealkylation sites (N-methyl/N-ethyl adjacent to an activating group) is 1. The van der Waals surface area contributed by atoms with Crippen molar-refractivity contribution < 1.29 is 9.59 Å². The average Bonchev–Trinajstić information content (AvgIpc) is 2.48. The molecule has 1 saturated heterocycles. The van der Waals surface area contributed by atoms with Crippen molar-refractivity contribution in [3.05, 3.63) is 42.0 Å². The zero-order valence-corrected chi connectivity index (χ0v) is 11.9. The molecule has 0 spiro atoms. The zero-order valence-electron chi connectivity index (χ0n) is 11.9. The first-order valence-corrected chi connectivity index (χ1v) is 6.88. The van der Waals surface area contributed by atoms with Crippen LogP contribution in [-0.2, 0) is 4.79 Å². The number of piperazine rings is 1. The van der Waals surface area contributed by atoms with Crippen LogP contribution in [0.5, 0.6) is 0 Å². The molecule has 1 fully saturated rings. The first-order chi connectivity index (χ1) is 10.1. The standard InChI is InChI=1S/C16H17N3O2/c1-18-6-7-19(10-15(18)20)16(21)13-8-11-4-2-3-5-12(11)9-14(13)17/h2-5,8-9H,6-7,10,17H2,1H3. The minimum atomic E-state index is -0.181. The molecule has 2 aromatic carbocycles. The van der Waals surface area contributed by atoms with Crippen molar-refractivity contribution in [3.8, 4) is 0 Å². The van der Waals surface area contributed by atoms with Gasteiger partial charge in [-0.2, -0.15) is 0 Å². The summed E-state index contributed by atoms with van der Waals surface area (Å²) in [5.74, 6) is -0.228. The van der Waals surface area contributed by atoms with E-state index in [2.05, 4.69) is 0 Å². The first kappa shape index (κ1) is 13.4. The molecule has 2 aromatic rings. The van der Waals surface area contributed by atoms with Gasteiger partial charge in [-0.15, -0.1) is 0 Å². The summed E-state index contributed by atoms with van der Waals surface area (Å²) in [5.41, 5.74) is 6.93. The Labute approximate surface area is 122 Å². The lowest BCUT2D eigenvalue weighted by Gasteiger charge is -2.32. The fourth-order valence-corrected chi connectivity index (χ4v) is 2.55. The second kappa shape index (κ2) is 5.09. The summed E-state index contributed by atoms with van der Waals surface area (Å²) >= 11 is 0. The van der Waals surface area contributed by atoms with Crippen LogP contribution in [0.4, 0.5) is 5.69 Å². The van der Waals surface area contributed by atoms with Crippen LogP contribution >= 0.6 is 0 Å². The van der Waals surface area contributed by atoms with E-state index in [0.717, 1.165) is 10.8 Å². The average molecular weight is 283 g/mol. The first-order valence-electron chi connectivity index (χ1n) is 6.88. The van der Waals surface area contributed by atoms with Crippen molar-refractivity contribution in [2.45, 2.75) is 0 Å². The van der Waals surface area contributed by atoms with E-state index in [1.165, 1.54) is 0 Å². The zero-order chi connectivity index (χ0) is 15.0. The molecule has 0 aromatic heterocycles. The van der Waals surface area contributed by atoms with Gasteiger partial charge in [0.25, 0.3) is 5.91 Å². The van der Waals surface area contributed by atoms with Gasteiger partial charge in [0.05, 0.1) is 5.56 Å². The van der Waals surface area contributed by atoms with Gasteiger partial charge in [-0.25, -0.2) is 0 Å². The number of nitrogens with zero attached hydrogens (tertiary/aromatic N) is 2. The molecule has 5 nitrogen and oxygen atoms in total.